The van der Waals surface area contributed by atoms with Crippen LogP contribution in [0.25, 0.3) is 0 Å². The average molecular weight is 336 g/mol. The molecule has 5 heteroatoms. The molecule has 1 aromatic rings. The van der Waals surface area contributed by atoms with Crippen molar-refractivity contribution in [1.29, 1.82) is 0 Å². The van der Waals surface area contributed by atoms with Gasteiger partial charge < -0.3 is 4.74 Å². The molecule has 5 heterocycles. The minimum atomic E-state index is 0.725. The van der Waals surface area contributed by atoms with E-state index in [9.17, 15) is 0 Å². The van der Waals surface area contributed by atoms with Crippen LogP contribution in [0.4, 0.5) is 0 Å². The topological polar surface area (TPSA) is 28.6 Å². The van der Waals surface area contributed by atoms with Crippen molar-refractivity contribution >= 4 is 11.3 Å². The number of aromatic nitrogens is 1. The molecule has 4 nitrogen and oxygen atoms in total. The molecule has 4 aliphatic rings. The van der Waals surface area contributed by atoms with Crippen molar-refractivity contribution in [2.75, 3.05) is 32.8 Å². The molecule has 2 atom stereocenters. The van der Waals surface area contributed by atoms with E-state index in [2.05, 4.69) is 22.1 Å². The van der Waals surface area contributed by atoms with E-state index in [4.69, 9.17) is 9.72 Å². The lowest BCUT2D eigenvalue weighted by molar-refractivity contribution is 0.0307. The molecule has 0 aliphatic carbocycles. The second-order valence-corrected chi connectivity index (χ2v) is 8.35. The van der Waals surface area contributed by atoms with Gasteiger partial charge in [-0.1, -0.05) is 6.92 Å². The summed E-state index contributed by atoms with van der Waals surface area (Å²) in [5.74, 6) is 0.848. The summed E-state index contributed by atoms with van der Waals surface area (Å²) >= 11 is 1.82. The molecule has 0 spiro atoms. The average Bonchev–Trinajstić information content (AvgIpc) is 2.85. The van der Waals surface area contributed by atoms with Gasteiger partial charge in [0.1, 0.15) is 0 Å². The highest BCUT2D eigenvalue weighted by Gasteiger charge is 2.37. The molecule has 0 saturated carbocycles. The van der Waals surface area contributed by atoms with E-state index in [1.807, 2.05) is 11.3 Å². The minimum absolute atomic E-state index is 0.725. The fraction of sp³-hybridized carbons (Fsp3) is 0.833. The van der Waals surface area contributed by atoms with Crippen LogP contribution in [0.2, 0.25) is 0 Å². The molecular formula is C18H29N3OS. The van der Waals surface area contributed by atoms with Crippen molar-refractivity contribution in [2.24, 2.45) is 5.92 Å². The number of piperidine rings is 1. The van der Waals surface area contributed by atoms with E-state index >= 15 is 0 Å². The number of hydrogen-bond donors (Lipinski definition) is 0. The largest absolute Gasteiger partial charge is 0.381 e. The van der Waals surface area contributed by atoms with Gasteiger partial charge in [0.25, 0.3) is 0 Å². The normalized spacial score (nSPS) is 30.7. The number of hydrogen-bond acceptors (Lipinski definition) is 5. The number of rotatable bonds is 4. The maximum Gasteiger partial charge on any atom is 0.0926 e. The van der Waals surface area contributed by atoms with E-state index in [1.54, 1.807) is 0 Å². The zero-order valence-electron chi connectivity index (χ0n) is 14.2. The first kappa shape index (κ1) is 16.0. The van der Waals surface area contributed by atoms with Gasteiger partial charge in [-0.05, 0) is 38.0 Å². The van der Waals surface area contributed by atoms with E-state index in [0.29, 0.717) is 0 Å². The summed E-state index contributed by atoms with van der Waals surface area (Å²) < 4.78 is 5.56. The van der Waals surface area contributed by atoms with Crippen molar-refractivity contribution in [2.45, 2.75) is 57.7 Å². The second-order valence-electron chi connectivity index (χ2n) is 7.41. The van der Waals surface area contributed by atoms with Crippen LogP contribution in [0, 0.1) is 5.92 Å². The Morgan fingerprint density at radius 2 is 2.00 bits per heavy atom. The summed E-state index contributed by atoms with van der Waals surface area (Å²) in [5.41, 5.74) is 1.29. The fourth-order valence-electron chi connectivity index (χ4n) is 4.55. The van der Waals surface area contributed by atoms with Crippen LogP contribution >= 0.6 is 11.3 Å². The molecule has 4 saturated heterocycles. The summed E-state index contributed by atoms with van der Waals surface area (Å²) in [6.45, 7) is 8.99. The first-order valence-corrected chi connectivity index (χ1v) is 10.2. The highest BCUT2D eigenvalue weighted by molar-refractivity contribution is 7.09. The summed E-state index contributed by atoms with van der Waals surface area (Å²) in [6.07, 6.45) is 6.30. The summed E-state index contributed by atoms with van der Waals surface area (Å²) in [5, 5.41) is 3.55. The van der Waals surface area contributed by atoms with Gasteiger partial charge in [0.15, 0.2) is 0 Å². The van der Waals surface area contributed by atoms with Gasteiger partial charge in [0.05, 0.1) is 10.7 Å². The van der Waals surface area contributed by atoms with Crippen LogP contribution < -0.4 is 0 Å². The lowest BCUT2D eigenvalue weighted by atomic mass is 9.95. The van der Waals surface area contributed by atoms with Gasteiger partial charge in [-0.3, -0.25) is 9.80 Å². The van der Waals surface area contributed by atoms with Crippen LogP contribution in [0.15, 0.2) is 5.38 Å². The SMILES string of the molecule is CCc1nc(CN2C[C@H]3CC[C@@H]2CN(C2CCOCC2)C3)cs1. The predicted molar refractivity (Wildman–Crippen MR) is 93.8 cm³/mol. The maximum atomic E-state index is 5.56. The summed E-state index contributed by atoms with van der Waals surface area (Å²) in [6, 6.07) is 1.49. The number of fused-ring (bicyclic) bond motifs is 4. The van der Waals surface area contributed by atoms with E-state index in [0.717, 1.165) is 44.2 Å². The number of aryl methyl sites for hydroxylation is 1. The minimum Gasteiger partial charge on any atom is -0.381 e. The zero-order valence-corrected chi connectivity index (χ0v) is 15.1. The number of ether oxygens (including phenoxy) is 1. The highest BCUT2D eigenvalue weighted by Crippen LogP contribution is 2.31. The third kappa shape index (κ3) is 3.63. The van der Waals surface area contributed by atoms with Crippen LogP contribution in [0.3, 0.4) is 0 Å². The van der Waals surface area contributed by atoms with Gasteiger partial charge in [0.2, 0.25) is 0 Å². The predicted octanol–water partition coefficient (Wildman–Crippen LogP) is 2.78. The third-order valence-corrected chi connectivity index (χ3v) is 6.87. The Kier molecular flexibility index (Phi) is 4.99. The highest BCUT2D eigenvalue weighted by atomic mass is 32.1. The second kappa shape index (κ2) is 7.18. The Hall–Kier alpha value is -0.490. The molecule has 128 valence electrons. The molecule has 0 unspecified atom stereocenters. The molecule has 0 N–H and O–H groups in total. The molecule has 23 heavy (non-hydrogen) atoms. The Bertz CT molecular complexity index is 514. The van der Waals surface area contributed by atoms with Gasteiger partial charge in [-0.25, -0.2) is 4.98 Å². The molecule has 5 rings (SSSR count). The number of thiazole rings is 1. The molecule has 0 aromatic carbocycles. The Labute approximate surface area is 143 Å². The van der Waals surface area contributed by atoms with Crippen molar-refractivity contribution in [3.05, 3.63) is 16.1 Å². The van der Waals surface area contributed by atoms with Crippen LogP contribution in [0.1, 0.15) is 43.3 Å². The Balaban J connectivity index is 1.42. The van der Waals surface area contributed by atoms with Gasteiger partial charge in [-0.15, -0.1) is 11.3 Å². The van der Waals surface area contributed by atoms with E-state index in [-0.39, 0.29) is 0 Å². The first-order valence-electron chi connectivity index (χ1n) is 9.31. The standard InChI is InChI=1S/C18H29N3OS/c1-2-18-19-15(13-23-18)11-20-9-14-3-4-17(20)12-21(10-14)16-5-7-22-8-6-16/h13-14,16-17H,2-12H2,1H3/t14-,17-/m1/s1. The zero-order chi connectivity index (χ0) is 15.6. The van der Waals surface area contributed by atoms with Crippen LogP contribution in [-0.4, -0.2) is 59.7 Å². The molecule has 2 bridgehead atoms. The van der Waals surface area contributed by atoms with Gasteiger partial charge in [0, 0.05) is 56.9 Å². The lowest BCUT2D eigenvalue weighted by Crippen LogP contribution is -2.45. The number of nitrogens with zero attached hydrogens (tertiary/aromatic N) is 3. The van der Waals surface area contributed by atoms with Crippen LogP contribution in [-0.2, 0) is 17.7 Å². The molecule has 0 amide bonds. The first-order chi connectivity index (χ1) is 11.3. The molecule has 4 aliphatic heterocycles. The quantitative estimate of drug-likeness (QED) is 0.846. The van der Waals surface area contributed by atoms with E-state index in [1.165, 1.54) is 56.0 Å². The lowest BCUT2D eigenvalue weighted by Gasteiger charge is -2.36. The Morgan fingerprint density at radius 1 is 1.13 bits per heavy atom. The van der Waals surface area contributed by atoms with Crippen molar-refractivity contribution < 1.29 is 4.74 Å². The molecule has 0 radical (unpaired) electrons. The summed E-state index contributed by atoms with van der Waals surface area (Å²) in [7, 11) is 0. The third-order valence-electron chi connectivity index (χ3n) is 5.83. The Morgan fingerprint density at radius 3 is 2.78 bits per heavy atom. The van der Waals surface area contributed by atoms with Crippen molar-refractivity contribution in [1.82, 2.24) is 14.8 Å². The molecule has 4 fully saturated rings. The summed E-state index contributed by atoms with van der Waals surface area (Å²) in [4.78, 5) is 10.3. The molecule has 1 aromatic heterocycles. The van der Waals surface area contributed by atoms with Gasteiger partial charge in [-0.2, -0.15) is 0 Å². The van der Waals surface area contributed by atoms with Crippen LogP contribution in [0.5, 0.6) is 0 Å². The van der Waals surface area contributed by atoms with Gasteiger partial charge >= 0.3 is 0 Å². The fourth-order valence-corrected chi connectivity index (χ4v) is 5.29. The maximum absolute atomic E-state index is 5.56. The van der Waals surface area contributed by atoms with Crippen molar-refractivity contribution in [3.8, 4) is 0 Å². The molecular weight excluding hydrogens is 306 g/mol. The smallest absolute Gasteiger partial charge is 0.0926 e. The van der Waals surface area contributed by atoms with E-state index < -0.39 is 0 Å². The monoisotopic (exact) mass is 335 g/mol. The van der Waals surface area contributed by atoms with Crippen molar-refractivity contribution in [3.63, 3.8) is 0 Å².